The van der Waals surface area contributed by atoms with Crippen LogP contribution in [0.5, 0.6) is 0 Å². The first-order valence-corrected chi connectivity index (χ1v) is 9.74. The summed E-state index contributed by atoms with van der Waals surface area (Å²) in [6, 6.07) is 0. The molecule has 1 aliphatic rings. The second-order valence-electron chi connectivity index (χ2n) is 6.68. The van der Waals surface area contributed by atoms with E-state index in [1.807, 2.05) is 25.7 Å². The first-order valence-electron chi connectivity index (χ1n) is 7.68. The number of sulfone groups is 1. The van der Waals surface area contributed by atoms with Crippen LogP contribution in [0, 0.1) is 0 Å². The maximum absolute atomic E-state index is 12.0. The normalized spacial score (nSPS) is 16.6. The molecule has 24 heavy (non-hydrogen) atoms. The molecular formula is C14H29IN4O4S. The number of rotatable bonds is 4. The van der Waals surface area contributed by atoms with Gasteiger partial charge in [0.25, 0.3) is 0 Å². The van der Waals surface area contributed by atoms with E-state index < -0.39 is 15.4 Å². The molecule has 0 spiro atoms. The molecule has 0 aromatic heterocycles. The fourth-order valence-electron chi connectivity index (χ4n) is 2.06. The van der Waals surface area contributed by atoms with E-state index in [0.29, 0.717) is 45.1 Å². The number of hydrogen-bond donors (Lipinski definition) is 1. The quantitative estimate of drug-likeness (QED) is 0.280. The lowest BCUT2D eigenvalue weighted by Crippen LogP contribution is -2.53. The highest BCUT2D eigenvalue weighted by molar-refractivity contribution is 14.0. The molecule has 0 aromatic carbocycles. The van der Waals surface area contributed by atoms with Crippen LogP contribution in [0.2, 0.25) is 0 Å². The second-order valence-corrected chi connectivity index (χ2v) is 8.94. The van der Waals surface area contributed by atoms with Crippen molar-refractivity contribution in [2.45, 2.75) is 32.8 Å². The molecule has 1 aliphatic heterocycles. The topological polar surface area (TPSA) is 105 Å². The van der Waals surface area contributed by atoms with Gasteiger partial charge < -0.3 is 20.3 Å². The Morgan fingerprint density at radius 1 is 1.17 bits per heavy atom. The molecule has 1 rings (SSSR count). The summed E-state index contributed by atoms with van der Waals surface area (Å²) in [5, 5.41) is 0. The number of aliphatic imine (C=N–C) groups is 1. The molecule has 0 unspecified atom stereocenters. The zero-order chi connectivity index (χ0) is 17.7. The highest BCUT2D eigenvalue weighted by atomic mass is 127. The minimum Gasteiger partial charge on any atom is -0.444 e. The van der Waals surface area contributed by atoms with Gasteiger partial charge in [-0.2, -0.15) is 0 Å². The van der Waals surface area contributed by atoms with Gasteiger partial charge in [-0.15, -0.1) is 24.0 Å². The molecule has 142 valence electrons. The van der Waals surface area contributed by atoms with Crippen molar-refractivity contribution in [1.82, 2.24) is 9.80 Å². The van der Waals surface area contributed by atoms with Gasteiger partial charge in [0.05, 0.1) is 5.75 Å². The number of halogens is 1. The van der Waals surface area contributed by atoms with Crippen LogP contribution in [-0.2, 0) is 14.6 Å². The molecule has 0 aromatic rings. The van der Waals surface area contributed by atoms with Gasteiger partial charge in [0.2, 0.25) is 0 Å². The van der Waals surface area contributed by atoms with Gasteiger partial charge in [0.1, 0.15) is 15.4 Å². The first-order chi connectivity index (χ1) is 10.5. The summed E-state index contributed by atoms with van der Waals surface area (Å²) in [4.78, 5) is 19.7. The predicted octanol–water partition coefficient (Wildman–Crippen LogP) is 0.907. The minimum atomic E-state index is -2.96. The Balaban J connectivity index is 0.00000529. The predicted molar refractivity (Wildman–Crippen MR) is 106 cm³/mol. The largest absolute Gasteiger partial charge is 0.444 e. The van der Waals surface area contributed by atoms with E-state index in [0.717, 1.165) is 0 Å². The molecule has 0 aliphatic carbocycles. The molecule has 1 heterocycles. The van der Waals surface area contributed by atoms with Crippen LogP contribution < -0.4 is 5.73 Å². The van der Waals surface area contributed by atoms with E-state index in [2.05, 4.69) is 4.99 Å². The number of hydrogen-bond acceptors (Lipinski definition) is 5. The maximum Gasteiger partial charge on any atom is 0.410 e. The van der Waals surface area contributed by atoms with E-state index in [9.17, 15) is 13.2 Å². The average Bonchev–Trinajstić information content (AvgIpc) is 2.40. The molecular weight excluding hydrogens is 447 g/mol. The van der Waals surface area contributed by atoms with Crippen molar-refractivity contribution in [3.05, 3.63) is 0 Å². The van der Waals surface area contributed by atoms with Gasteiger partial charge in [0.15, 0.2) is 5.96 Å². The molecule has 10 heteroatoms. The standard InChI is InChI=1S/C14H28N4O4S.HI/c1-14(2,3)22-13(19)18-9-7-17(8-10-18)12(15)16-6-5-11-23(4,20)21;/h5-11H2,1-4H3,(H2,15,16);1H. The molecule has 0 saturated carbocycles. The maximum atomic E-state index is 12.0. The highest BCUT2D eigenvalue weighted by Gasteiger charge is 2.26. The number of ether oxygens (including phenoxy) is 1. The van der Waals surface area contributed by atoms with E-state index in [1.165, 1.54) is 6.26 Å². The van der Waals surface area contributed by atoms with Crippen LogP contribution in [0.1, 0.15) is 27.2 Å². The van der Waals surface area contributed by atoms with Crippen molar-refractivity contribution in [3.8, 4) is 0 Å². The summed E-state index contributed by atoms with van der Waals surface area (Å²) < 4.78 is 27.4. The monoisotopic (exact) mass is 476 g/mol. The summed E-state index contributed by atoms with van der Waals surface area (Å²) in [6.45, 7) is 8.10. The van der Waals surface area contributed by atoms with E-state index in [-0.39, 0.29) is 35.8 Å². The lowest BCUT2D eigenvalue weighted by molar-refractivity contribution is 0.0186. The van der Waals surface area contributed by atoms with Crippen molar-refractivity contribution < 1.29 is 17.9 Å². The Morgan fingerprint density at radius 2 is 1.67 bits per heavy atom. The number of guanidine groups is 1. The fraction of sp³-hybridized carbons (Fsp3) is 0.857. The van der Waals surface area contributed by atoms with Crippen LogP contribution in [0.3, 0.4) is 0 Å². The minimum absolute atomic E-state index is 0. The number of piperazine rings is 1. The number of amides is 1. The Hall–Kier alpha value is -0.780. The van der Waals surface area contributed by atoms with Gasteiger partial charge in [0, 0.05) is 39.0 Å². The highest BCUT2D eigenvalue weighted by Crippen LogP contribution is 2.11. The third kappa shape index (κ3) is 9.50. The molecule has 1 amide bonds. The molecule has 2 N–H and O–H groups in total. The molecule has 1 saturated heterocycles. The molecule has 0 bridgehead atoms. The van der Waals surface area contributed by atoms with E-state index >= 15 is 0 Å². The smallest absolute Gasteiger partial charge is 0.410 e. The van der Waals surface area contributed by atoms with Crippen molar-refractivity contribution in [3.63, 3.8) is 0 Å². The molecule has 0 radical (unpaired) electrons. The molecule has 8 nitrogen and oxygen atoms in total. The molecule has 1 fully saturated rings. The van der Waals surface area contributed by atoms with E-state index in [4.69, 9.17) is 10.5 Å². The van der Waals surface area contributed by atoms with Crippen molar-refractivity contribution >= 4 is 45.9 Å². The van der Waals surface area contributed by atoms with Crippen molar-refractivity contribution in [2.24, 2.45) is 10.7 Å². The third-order valence-electron chi connectivity index (χ3n) is 3.20. The summed E-state index contributed by atoms with van der Waals surface area (Å²) in [5.74, 6) is 0.498. The first kappa shape index (κ1) is 23.2. The van der Waals surface area contributed by atoms with Crippen LogP contribution in [0.4, 0.5) is 4.79 Å². The third-order valence-corrected chi connectivity index (χ3v) is 4.23. The van der Waals surface area contributed by atoms with Gasteiger partial charge >= 0.3 is 6.09 Å². The Bertz CT molecular complexity index is 537. The van der Waals surface area contributed by atoms with Gasteiger partial charge in [-0.1, -0.05) is 0 Å². The van der Waals surface area contributed by atoms with E-state index in [1.54, 1.807) is 4.90 Å². The second kappa shape index (κ2) is 9.64. The van der Waals surface area contributed by atoms with Gasteiger partial charge in [-0.3, -0.25) is 4.99 Å². The van der Waals surface area contributed by atoms with Crippen LogP contribution in [0.15, 0.2) is 4.99 Å². The number of carbonyl (C=O) groups is 1. The van der Waals surface area contributed by atoms with Gasteiger partial charge in [-0.05, 0) is 27.2 Å². The number of carbonyl (C=O) groups excluding carboxylic acids is 1. The Kier molecular flexibility index (Phi) is 9.32. The molecule has 0 atom stereocenters. The fourth-order valence-corrected chi connectivity index (χ4v) is 2.72. The SMILES string of the molecule is CC(C)(C)OC(=O)N1CCN(C(N)=NCCCS(C)(=O)=O)CC1.I. The average molecular weight is 476 g/mol. The number of nitrogens with zero attached hydrogens (tertiary/aromatic N) is 3. The summed E-state index contributed by atoms with van der Waals surface area (Å²) in [7, 11) is -2.96. The van der Waals surface area contributed by atoms with Gasteiger partial charge in [-0.25, -0.2) is 13.2 Å². The Morgan fingerprint density at radius 3 is 2.12 bits per heavy atom. The van der Waals surface area contributed by atoms with Crippen LogP contribution in [-0.4, -0.2) is 80.6 Å². The lowest BCUT2D eigenvalue weighted by atomic mass is 10.2. The van der Waals surface area contributed by atoms with Crippen LogP contribution >= 0.6 is 24.0 Å². The van der Waals surface area contributed by atoms with Crippen LogP contribution in [0.25, 0.3) is 0 Å². The zero-order valence-corrected chi connectivity index (χ0v) is 18.0. The van der Waals surface area contributed by atoms with Crippen molar-refractivity contribution in [2.75, 3.05) is 44.7 Å². The summed E-state index contributed by atoms with van der Waals surface area (Å²) in [6.07, 6.45) is 1.34. The summed E-state index contributed by atoms with van der Waals surface area (Å²) >= 11 is 0. The Labute approximate surface area is 161 Å². The lowest BCUT2D eigenvalue weighted by Gasteiger charge is -2.36. The zero-order valence-electron chi connectivity index (χ0n) is 14.8. The van der Waals surface area contributed by atoms with Crippen molar-refractivity contribution in [1.29, 1.82) is 0 Å². The summed E-state index contributed by atoms with van der Waals surface area (Å²) in [5.41, 5.74) is 5.41. The number of nitrogens with two attached hydrogens (primary N) is 1.